The van der Waals surface area contributed by atoms with Gasteiger partial charge in [-0.1, -0.05) is 6.07 Å². The lowest BCUT2D eigenvalue weighted by molar-refractivity contribution is 0.0910. The zero-order valence-corrected chi connectivity index (χ0v) is 18.7. The van der Waals surface area contributed by atoms with E-state index < -0.39 is 0 Å². The highest BCUT2D eigenvalue weighted by Crippen LogP contribution is 2.29. The van der Waals surface area contributed by atoms with Gasteiger partial charge in [-0.05, 0) is 54.8 Å². The molecule has 0 radical (unpaired) electrons. The molecule has 2 N–H and O–H groups in total. The zero-order chi connectivity index (χ0) is 22.9. The standard InChI is InChI=1S/C26H25N7O/c34-26(31-19-7-11-32(12-8-19)17-20-4-1-2-9-27-20)23-16-30-33-13-6-18(14-24(23)33)22-15-29-25-21(22)5-3-10-28-25/h1-6,9-10,13-16,19H,7-8,11-12,17H2,(H,28,29)(H,31,34). The van der Waals surface area contributed by atoms with Crippen molar-refractivity contribution in [2.45, 2.75) is 25.4 Å². The number of pyridine rings is 3. The topological polar surface area (TPSA) is 91.2 Å². The lowest BCUT2D eigenvalue weighted by Gasteiger charge is -2.32. The quantitative estimate of drug-likeness (QED) is 0.426. The summed E-state index contributed by atoms with van der Waals surface area (Å²) in [5, 5.41) is 8.68. The first kappa shape index (κ1) is 20.6. The van der Waals surface area contributed by atoms with Gasteiger partial charge in [0, 0.05) is 61.4 Å². The maximum atomic E-state index is 13.2. The van der Waals surface area contributed by atoms with Crippen LogP contribution in [0.2, 0.25) is 0 Å². The number of nitrogens with zero attached hydrogens (tertiary/aromatic N) is 5. The van der Waals surface area contributed by atoms with Crippen LogP contribution in [0.5, 0.6) is 0 Å². The van der Waals surface area contributed by atoms with Gasteiger partial charge in [0.05, 0.1) is 23.0 Å². The second-order valence-corrected chi connectivity index (χ2v) is 8.75. The van der Waals surface area contributed by atoms with E-state index >= 15 is 0 Å². The smallest absolute Gasteiger partial charge is 0.255 e. The van der Waals surface area contributed by atoms with Gasteiger partial charge in [-0.2, -0.15) is 5.10 Å². The van der Waals surface area contributed by atoms with Crippen LogP contribution in [0.4, 0.5) is 0 Å². The number of piperidine rings is 1. The van der Waals surface area contributed by atoms with Crippen LogP contribution in [0, 0.1) is 0 Å². The number of fused-ring (bicyclic) bond motifs is 2. The molecule has 6 heterocycles. The Kier molecular flexibility index (Phi) is 5.27. The minimum absolute atomic E-state index is 0.0732. The van der Waals surface area contributed by atoms with Gasteiger partial charge in [0.15, 0.2) is 0 Å². The van der Waals surface area contributed by atoms with E-state index in [1.165, 1.54) is 0 Å². The van der Waals surface area contributed by atoms with Crippen molar-refractivity contribution in [1.82, 2.24) is 34.8 Å². The monoisotopic (exact) mass is 451 g/mol. The number of hydrogen-bond donors (Lipinski definition) is 2. The molecule has 6 rings (SSSR count). The highest BCUT2D eigenvalue weighted by molar-refractivity contribution is 6.02. The van der Waals surface area contributed by atoms with E-state index in [4.69, 9.17) is 0 Å². The highest BCUT2D eigenvalue weighted by atomic mass is 16.1. The van der Waals surface area contributed by atoms with Gasteiger partial charge in [-0.15, -0.1) is 0 Å². The molecule has 0 aromatic carbocycles. The van der Waals surface area contributed by atoms with Crippen molar-refractivity contribution < 1.29 is 4.79 Å². The number of H-pyrrole nitrogens is 1. The average Bonchev–Trinajstić information content (AvgIpc) is 3.50. The Morgan fingerprint density at radius 2 is 1.97 bits per heavy atom. The van der Waals surface area contributed by atoms with Gasteiger partial charge in [0.1, 0.15) is 5.65 Å². The molecule has 34 heavy (non-hydrogen) atoms. The molecule has 0 spiro atoms. The number of aromatic amines is 1. The van der Waals surface area contributed by atoms with E-state index in [2.05, 4.69) is 36.3 Å². The summed E-state index contributed by atoms with van der Waals surface area (Å²) >= 11 is 0. The summed E-state index contributed by atoms with van der Waals surface area (Å²) in [6.07, 6.45) is 11.0. The largest absolute Gasteiger partial charge is 0.349 e. The molecule has 1 amide bonds. The summed E-state index contributed by atoms with van der Waals surface area (Å²) in [6.45, 7) is 2.73. The predicted octanol–water partition coefficient (Wildman–Crippen LogP) is 3.67. The first-order valence-corrected chi connectivity index (χ1v) is 11.6. The first-order valence-electron chi connectivity index (χ1n) is 11.6. The van der Waals surface area contributed by atoms with E-state index in [1.807, 2.05) is 55.0 Å². The van der Waals surface area contributed by atoms with Gasteiger partial charge >= 0.3 is 0 Å². The van der Waals surface area contributed by atoms with Crippen LogP contribution in [-0.4, -0.2) is 54.5 Å². The SMILES string of the molecule is O=C(NC1CCN(Cc2ccccn2)CC1)c1cnn2ccc(-c3c[nH]c4ncccc34)cc12. The molecule has 1 aliphatic heterocycles. The Hall–Kier alpha value is -4.04. The molecule has 0 bridgehead atoms. The molecule has 0 saturated carbocycles. The summed E-state index contributed by atoms with van der Waals surface area (Å²) in [4.78, 5) is 27.6. The van der Waals surface area contributed by atoms with Gasteiger partial charge in [-0.3, -0.25) is 14.7 Å². The lowest BCUT2D eigenvalue weighted by atomic mass is 10.0. The number of rotatable bonds is 5. The fraction of sp³-hybridized carbons (Fsp3) is 0.231. The molecule has 5 aromatic heterocycles. The second kappa shape index (κ2) is 8.72. The fourth-order valence-electron chi connectivity index (χ4n) is 4.74. The Morgan fingerprint density at radius 3 is 2.82 bits per heavy atom. The van der Waals surface area contributed by atoms with Crippen molar-refractivity contribution in [3.8, 4) is 11.1 Å². The number of hydrogen-bond acceptors (Lipinski definition) is 5. The van der Waals surface area contributed by atoms with Gasteiger partial charge in [-0.25, -0.2) is 9.50 Å². The molecule has 1 fully saturated rings. The van der Waals surface area contributed by atoms with Crippen LogP contribution < -0.4 is 5.32 Å². The van der Waals surface area contributed by atoms with Crippen LogP contribution in [0.15, 0.2) is 73.4 Å². The molecule has 0 aliphatic carbocycles. The Bertz CT molecular complexity index is 1450. The minimum Gasteiger partial charge on any atom is -0.349 e. The molecule has 1 saturated heterocycles. The van der Waals surface area contributed by atoms with Crippen LogP contribution in [0.3, 0.4) is 0 Å². The Labute approximate surface area is 196 Å². The normalized spacial score (nSPS) is 15.2. The lowest BCUT2D eigenvalue weighted by Crippen LogP contribution is -2.44. The zero-order valence-electron chi connectivity index (χ0n) is 18.7. The number of aromatic nitrogens is 5. The Balaban J connectivity index is 1.16. The van der Waals surface area contributed by atoms with E-state index in [0.717, 1.165) is 65.8 Å². The Morgan fingerprint density at radius 1 is 1.09 bits per heavy atom. The first-order chi connectivity index (χ1) is 16.7. The molecule has 8 heteroatoms. The molecule has 0 atom stereocenters. The van der Waals surface area contributed by atoms with Crippen molar-refractivity contribution in [2.24, 2.45) is 0 Å². The van der Waals surface area contributed by atoms with Crippen LogP contribution in [0.25, 0.3) is 27.7 Å². The van der Waals surface area contributed by atoms with Crippen LogP contribution >= 0.6 is 0 Å². The summed E-state index contributed by atoms with van der Waals surface area (Å²) in [5.74, 6) is -0.0732. The van der Waals surface area contributed by atoms with Gasteiger partial charge in [0.25, 0.3) is 5.91 Å². The molecule has 0 unspecified atom stereocenters. The molecule has 170 valence electrons. The van der Waals surface area contributed by atoms with Crippen molar-refractivity contribution in [3.05, 3.63) is 84.7 Å². The highest BCUT2D eigenvalue weighted by Gasteiger charge is 2.23. The third-order valence-corrected chi connectivity index (χ3v) is 6.56. The van der Waals surface area contributed by atoms with Crippen LogP contribution in [0.1, 0.15) is 28.9 Å². The number of amides is 1. The van der Waals surface area contributed by atoms with Crippen molar-refractivity contribution in [3.63, 3.8) is 0 Å². The minimum atomic E-state index is -0.0732. The predicted molar refractivity (Wildman–Crippen MR) is 130 cm³/mol. The number of carbonyl (C=O) groups excluding carboxylic acids is 1. The third kappa shape index (κ3) is 3.92. The molecular formula is C26H25N7O. The van der Waals surface area contributed by atoms with E-state index in [-0.39, 0.29) is 11.9 Å². The van der Waals surface area contributed by atoms with E-state index in [0.29, 0.717) is 5.56 Å². The van der Waals surface area contributed by atoms with Crippen molar-refractivity contribution in [2.75, 3.05) is 13.1 Å². The number of likely N-dealkylation sites (tertiary alicyclic amines) is 1. The van der Waals surface area contributed by atoms with Gasteiger partial charge in [0.2, 0.25) is 0 Å². The average molecular weight is 452 g/mol. The summed E-state index contributed by atoms with van der Waals surface area (Å²) in [5.41, 5.74) is 5.38. The third-order valence-electron chi connectivity index (χ3n) is 6.56. The number of nitrogens with one attached hydrogen (secondary N) is 2. The van der Waals surface area contributed by atoms with Crippen molar-refractivity contribution in [1.29, 1.82) is 0 Å². The summed E-state index contributed by atoms with van der Waals surface area (Å²) < 4.78 is 1.75. The molecule has 1 aliphatic rings. The fourth-order valence-corrected chi connectivity index (χ4v) is 4.74. The van der Waals surface area contributed by atoms with Crippen LogP contribution in [-0.2, 0) is 6.54 Å². The maximum absolute atomic E-state index is 13.2. The van der Waals surface area contributed by atoms with Gasteiger partial charge < -0.3 is 10.3 Å². The number of carbonyl (C=O) groups is 1. The summed E-state index contributed by atoms with van der Waals surface area (Å²) in [7, 11) is 0. The second-order valence-electron chi connectivity index (χ2n) is 8.75. The molecular weight excluding hydrogens is 426 g/mol. The van der Waals surface area contributed by atoms with E-state index in [9.17, 15) is 4.79 Å². The summed E-state index contributed by atoms with van der Waals surface area (Å²) in [6, 6.07) is 14.2. The molecule has 8 nitrogen and oxygen atoms in total. The van der Waals surface area contributed by atoms with E-state index in [1.54, 1.807) is 16.9 Å². The molecule has 5 aromatic rings. The van der Waals surface area contributed by atoms with Crippen molar-refractivity contribution >= 4 is 22.5 Å². The maximum Gasteiger partial charge on any atom is 0.255 e.